The molecular weight excluding hydrogens is 544 g/mol. The number of carbonyl (C=O) groups excluding carboxylic acids is 2. The molecule has 1 unspecified atom stereocenters. The Morgan fingerprint density at radius 1 is 1.17 bits per heavy atom. The van der Waals surface area contributed by atoms with Crippen LogP contribution in [0, 0.1) is 17.8 Å². The Kier molecular flexibility index (Phi) is 6.87. The van der Waals surface area contributed by atoms with Crippen molar-refractivity contribution >= 4 is 11.8 Å². The van der Waals surface area contributed by atoms with E-state index < -0.39 is 88.9 Å². The van der Waals surface area contributed by atoms with Gasteiger partial charge in [0.1, 0.15) is 30.0 Å². The molecule has 3 saturated heterocycles. The minimum absolute atomic E-state index is 0.248. The van der Waals surface area contributed by atoms with Crippen molar-refractivity contribution < 1.29 is 48.6 Å². The Morgan fingerprint density at radius 2 is 1.90 bits per heavy atom. The highest BCUT2D eigenvalue weighted by Gasteiger charge is 2.90. The fraction of sp³-hybridized carbons (Fsp3) is 0.688. The van der Waals surface area contributed by atoms with Crippen molar-refractivity contribution in [2.45, 2.75) is 113 Å². The molecular formula is C32H42O10. The van der Waals surface area contributed by atoms with Gasteiger partial charge in [-0.15, -0.1) is 0 Å². The first kappa shape index (κ1) is 29.9. The number of hydrogen-bond acceptors (Lipinski definition) is 10. The number of ketones is 1. The van der Waals surface area contributed by atoms with Crippen LogP contribution in [0.25, 0.3) is 0 Å². The SMILES string of the molecule is C=C(C)[C@@]12O[C@@]3(/C=C/C=C/CCCCC)O[C@@H]1[C@@H]1[C@@H]4O[C@]4(CO)[C@@H](O)[C@]4(O)C(=O)C(C)=CC4[C@@]1(O3)[C@H](C)[C@H]2OC(C)=O. The standard InChI is InChI=1S/C32H42O10/c1-7-8-9-10-11-12-13-14-29-40-26-22-25-28(16-33,39-25)27(36)30(37)21(15-18(4)23(30)35)32(22,42-29)19(5)24(38-20(6)34)31(26,41-29)17(2)3/h11-15,19,21-22,24-27,33,36-37H,2,7-10,16H2,1,3-6H3/b12-11+,14-13+/t19-,21?,22+,24-,25+,26-,27-,28+,29-,30-,31+,32+/m1/s1. The van der Waals surface area contributed by atoms with Gasteiger partial charge in [-0.05, 0) is 37.8 Å². The van der Waals surface area contributed by atoms with Gasteiger partial charge in [0.05, 0.1) is 12.2 Å². The molecule has 230 valence electrons. The molecule has 12 atom stereocenters. The lowest BCUT2D eigenvalue weighted by Gasteiger charge is -2.61. The number of Topliss-reactive ketones (excluding diaryl/α,β-unsaturated/α-hetero) is 1. The van der Waals surface area contributed by atoms with Gasteiger partial charge in [0, 0.05) is 30.8 Å². The van der Waals surface area contributed by atoms with Gasteiger partial charge in [-0.3, -0.25) is 9.59 Å². The second-order valence-corrected chi connectivity index (χ2v) is 12.9. The molecule has 0 spiro atoms. The lowest BCUT2D eigenvalue weighted by atomic mass is 9.53. The Bertz CT molecular complexity index is 1290. The third-order valence-electron chi connectivity index (χ3n) is 10.6. The van der Waals surface area contributed by atoms with Crippen LogP contribution in [0.5, 0.6) is 0 Å². The summed E-state index contributed by atoms with van der Waals surface area (Å²) in [5.74, 6) is -5.58. The van der Waals surface area contributed by atoms with Crippen LogP contribution in [0.3, 0.4) is 0 Å². The van der Waals surface area contributed by atoms with Crippen LogP contribution in [-0.2, 0) is 33.3 Å². The van der Waals surface area contributed by atoms with Crippen molar-refractivity contribution in [3.63, 3.8) is 0 Å². The van der Waals surface area contributed by atoms with Gasteiger partial charge in [0.15, 0.2) is 17.0 Å². The van der Waals surface area contributed by atoms with Crippen molar-refractivity contribution in [1.82, 2.24) is 0 Å². The fourth-order valence-electron chi connectivity index (χ4n) is 8.66. The summed E-state index contributed by atoms with van der Waals surface area (Å²) in [4.78, 5) is 26.2. The molecule has 0 aromatic carbocycles. The molecule has 3 aliphatic carbocycles. The smallest absolute Gasteiger partial charge is 0.307 e. The van der Waals surface area contributed by atoms with E-state index in [4.69, 9.17) is 23.7 Å². The van der Waals surface area contributed by atoms with Gasteiger partial charge in [0.2, 0.25) is 0 Å². The first-order chi connectivity index (χ1) is 19.8. The van der Waals surface area contributed by atoms with Gasteiger partial charge in [-0.2, -0.15) is 0 Å². The molecule has 6 rings (SSSR count). The zero-order valence-corrected chi connectivity index (χ0v) is 24.9. The van der Waals surface area contributed by atoms with Crippen LogP contribution in [-0.4, -0.2) is 86.5 Å². The molecule has 10 heteroatoms. The van der Waals surface area contributed by atoms with E-state index in [1.54, 1.807) is 32.1 Å². The zero-order chi connectivity index (χ0) is 30.5. The molecule has 3 bridgehead atoms. The minimum atomic E-state index is -2.38. The summed E-state index contributed by atoms with van der Waals surface area (Å²) in [5, 5.41) is 34.4. The van der Waals surface area contributed by atoms with E-state index in [1.807, 2.05) is 19.1 Å². The normalized spacial score (nSPS) is 50.0. The maximum atomic E-state index is 13.7. The van der Waals surface area contributed by atoms with E-state index in [0.717, 1.165) is 25.7 Å². The van der Waals surface area contributed by atoms with E-state index in [1.165, 1.54) is 6.92 Å². The van der Waals surface area contributed by atoms with Crippen molar-refractivity contribution in [1.29, 1.82) is 0 Å². The Balaban J connectivity index is 1.55. The molecule has 3 aliphatic heterocycles. The average molecular weight is 587 g/mol. The lowest BCUT2D eigenvalue weighted by molar-refractivity contribution is -0.407. The largest absolute Gasteiger partial charge is 0.459 e. The maximum absolute atomic E-state index is 13.7. The number of aliphatic hydroxyl groups is 3. The number of aliphatic hydroxyl groups excluding tert-OH is 2. The molecule has 42 heavy (non-hydrogen) atoms. The van der Waals surface area contributed by atoms with Gasteiger partial charge in [-0.1, -0.05) is 57.6 Å². The number of fused-ring (bicyclic) bond motifs is 3. The van der Waals surface area contributed by atoms with Crippen LogP contribution in [0.4, 0.5) is 0 Å². The Hall–Kier alpha value is -2.18. The predicted molar refractivity (Wildman–Crippen MR) is 149 cm³/mol. The van der Waals surface area contributed by atoms with E-state index in [2.05, 4.69) is 13.5 Å². The summed E-state index contributed by atoms with van der Waals surface area (Å²) < 4.78 is 32.4. The summed E-state index contributed by atoms with van der Waals surface area (Å²) >= 11 is 0. The number of hydrogen-bond donors (Lipinski definition) is 3. The second-order valence-electron chi connectivity index (χ2n) is 12.9. The molecule has 2 saturated carbocycles. The number of esters is 1. The Morgan fingerprint density at radius 3 is 2.55 bits per heavy atom. The zero-order valence-electron chi connectivity index (χ0n) is 24.9. The lowest BCUT2D eigenvalue weighted by Crippen LogP contribution is -2.76. The summed E-state index contributed by atoms with van der Waals surface area (Å²) in [5.41, 5.74) is -6.12. The number of unbranched alkanes of at least 4 members (excludes halogenated alkanes) is 3. The molecule has 0 aromatic heterocycles. The first-order valence-electron chi connectivity index (χ1n) is 15.0. The number of carbonyl (C=O) groups is 2. The molecule has 10 nitrogen and oxygen atoms in total. The predicted octanol–water partition coefficient (Wildman–Crippen LogP) is 2.41. The minimum Gasteiger partial charge on any atom is -0.459 e. The molecule has 0 amide bonds. The van der Waals surface area contributed by atoms with Gasteiger partial charge < -0.3 is 39.0 Å². The molecule has 0 aromatic rings. The van der Waals surface area contributed by atoms with E-state index in [9.17, 15) is 24.9 Å². The molecule has 5 fully saturated rings. The van der Waals surface area contributed by atoms with Crippen LogP contribution < -0.4 is 0 Å². The topological polar surface area (TPSA) is 144 Å². The van der Waals surface area contributed by atoms with Crippen LogP contribution in [0.1, 0.15) is 60.3 Å². The van der Waals surface area contributed by atoms with Crippen LogP contribution in [0.15, 0.2) is 48.1 Å². The van der Waals surface area contributed by atoms with Gasteiger partial charge in [0.25, 0.3) is 0 Å². The quantitative estimate of drug-likeness (QED) is 0.121. The van der Waals surface area contributed by atoms with Gasteiger partial charge >= 0.3 is 11.9 Å². The summed E-state index contributed by atoms with van der Waals surface area (Å²) in [6, 6.07) is 0. The van der Waals surface area contributed by atoms with Crippen molar-refractivity contribution in [3.8, 4) is 0 Å². The first-order valence-corrected chi connectivity index (χ1v) is 15.0. The summed E-state index contributed by atoms with van der Waals surface area (Å²) in [6.07, 6.45) is 8.71. The van der Waals surface area contributed by atoms with E-state index in [0.29, 0.717) is 5.57 Å². The molecule has 3 N–H and O–H groups in total. The number of ether oxygens (including phenoxy) is 5. The van der Waals surface area contributed by atoms with Crippen molar-refractivity contribution in [3.05, 3.63) is 48.1 Å². The van der Waals surface area contributed by atoms with Crippen molar-refractivity contribution in [2.24, 2.45) is 17.8 Å². The second kappa shape index (κ2) is 9.66. The average Bonchev–Trinajstić information content (AvgIpc) is 3.57. The Labute approximate surface area is 246 Å². The fourth-order valence-corrected chi connectivity index (χ4v) is 8.66. The van der Waals surface area contributed by atoms with E-state index in [-0.39, 0.29) is 5.57 Å². The van der Waals surface area contributed by atoms with E-state index >= 15 is 0 Å². The summed E-state index contributed by atoms with van der Waals surface area (Å²) in [6.45, 7) is 12.2. The molecule has 6 aliphatic rings. The highest BCUT2D eigenvalue weighted by atomic mass is 16.9. The highest BCUT2D eigenvalue weighted by molar-refractivity contribution is 6.05. The maximum Gasteiger partial charge on any atom is 0.307 e. The highest BCUT2D eigenvalue weighted by Crippen LogP contribution is 2.73. The van der Waals surface area contributed by atoms with Crippen LogP contribution >= 0.6 is 0 Å². The molecule has 0 radical (unpaired) electrons. The number of rotatable bonds is 9. The number of allylic oxidation sites excluding steroid dienone is 3. The third-order valence-corrected chi connectivity index (χ3v) is 10.6. The van der Waals surface area contributed by atoms with Crippen molar-refractivity contribution in [2.75, 3.05) is 6.61 Å². The molecule has 3 heterocycles. The van der Waals surface area contributed by atoms with Crippen LogP contribution in [0.2, 0.25) is 0 Å². The third kappa shape index (κ3) is 3.51. The summed E-state index contributed by atoms with van der Waals surface area (Å²) in [7, 11) is 0. The monoisotopic (exact) mass is 586 g/mol. The van der Waals surface area contributed by atoms with Gasteiger partial charge in [-0.25, -0.2) is 0 Å². The number of epoxide rings is 1.